The van der Waals surface area contributed by atoms with Gasteiger partial charge in [0, 0.05) is 63.7 Å². The van der Waals surface area contributed by atoms with Gasteiger partial charge in [-0.1, -0.05) is 25.6 Å². The number of pyridine rings is 1. The van der Waals surface area contributed by atoms with E-state index < -0.39 is 6.10 Å². The topological polar surface area (TPSA) is 110 Å². The van der Waals surface area contributed by atoms with Gasteiger partial charge in [-0.2, -0.15) is 0 Å². The number of nitrogens with one attached hydrogen (secondary N) is 2. The van der Waals surface area contributed by atoms with Gasteiger partial charge in [-0.25, -0.2) is 0 Å². The number of nitrogens with zero attached hydrogens (tertiary/aromatic N) is 3. The number of allylic oxidation sites excluding steroid dienone is 1. The number of aliphatic hydroxyl groups excluding tert-OH is 1. The summed E-state index contributed by atoms with van der Waals surface area (Å²) in [6, 6.07) is 2.46. The Kier molecular flexibility index (Phi) is 9.86. The zero-order valence-corrected chi connectivity index (χ0v) is 20.8. The number of amidine groups is 1. The number of piperidine rings is 1. The van der Waals surface area contributed by atoms with Gasteiger partial charge >= 0.3 is 0 Å². The van der Waals surface area contributed by atoms with Crippen molar-refractivity contribution in [1.29, 1.82) is 0 Å². The Hall–Kier alpha value is -2.23. The molecule has 1 atom stereocenters. The lowest BCUT2D eigenvalue weighted by Gasteiger charge is -2.34. The molecule has 0 aromatic carbocycles. The Morgan fingerprint density at radius 3 is 2.66 bits per heavy atom. The Morgan fingerprint density at radius 1 is 1.47 bits per heavy atom. The smallest absolute Gasteiger partial charge is 0.147 e. The molecule has 2 heterocycles. The van der Waals surface area contributed by atoms with Crippen LogP contribution in [0.5, 0.6) is 0 Å². The summed E-state index contributed by atoms with van der Waals surface area (Å²) in [7, 11) is 5.47. The molecule has 0 aliphatic carbocycles. The van der Waals surface area contributed by atoms with Crippen molar-refractivity contribution in [2.45, 2.75) is 51.7 Å². The number of nitrogens with two attached hydrogens (primary N) is 1. The van der Waals surface area contributed by atoms with E-state index in [9.17, 15) is 9.90 Å². The average molecular weight is 463 g/mol. The van der Waals surface area contributed by atoms with E-state index >= 15 is 0 Å². The number of aldehydes is 1. The van der Waals surface area contributed by atoms with Crippen LogP contribution < -0.4 is 16.0 Å². The number of aromatic amines is 1. The second-order valence-corrected chi connectivity index (χ2v) is 8.92. The van der Waals surface area contributed by atoms with Crippen LogP contribution in [-0.2, 0) is 11.2 Å². The van der Waals surface area contributed by atoms with Crippen LogP contribution in [0.1, 0.15) is 44.2 Å². The van der Waals surface area contributed by atoms with Crippen molar-refractivity contribution in [1.82, 2.24) is 15.2 Å². The Labute approximate surface area is 196 Å². The number of aryl methyl sites for hydroxylation is 1. The third-order valence-corrected chi connectivity index (χ3v) is 6.22. The van der Waals surface area contributed by atoms with Gasteiger partial charge in [0.25, 0.3) is 0 Å². The van der Waals surface area contributed by atoms with E-state index in [4.69, 9.17) is 18.0 Å². The summed E-state index contributed by atoms with van der Waals surface area (Å²) in [4.78, 5) is 22.9. The summed E-state index contributed by atoms with van der Waals surface area (Å²) < 4.78 is 0.572. The summed E-state index contributed by atoms with van der Waals surface area (Å²) in [5, 5.41) is 13.9. The molecule has 1 aromatic rings. The lowest BCUT2D eigenvalue weighted by molar-refractivity contribution is -0.104. The van der Waals surface area contributed by atoms with Crippen LogP contribution in [0.3, 0.4) is 0 Å². The summed E-state index contributed by atoms with van der Waals surface area (Å²) in [5.41, 5.74) is 9.03. The number of hydrogen-bond acceptors (Lipinski definition) is 7. The highest BCUT2D eigenvalue weighted by Gasteiger charge is 2.23. The molecule has 1 aromatic heterocycles. The summed E-state index contributed by atoms with van der Waals surface area (Å²) >= 11 is 5.64. The normalized spacial score (nSPS) is 17.2. The Bertz CT molecular complexity index is 900. The number of anilines is 1. The molecule has 9 heteroatoms. The highest BCUT2D eigenvalue weighted by atomic mass is 32.1. The predicted octanol–water partition coefficient (Wildman–Crippen LogP) is 2.09. The molecule has 1 saturated heterocycles. The fourth-order valence-electron chi connectivity index (χ4n) is 4.13. The minimum Gasteiger partial charge on any atom is -0.398 e. The molecule has 32 heavy (non-hydrogen) atoms. The van der Waals surface area contributed by atoms with Crippen molar-refractivity contribution < 1.29 is 9.90 Å². The first-order valence-electron chi connectivity index (χ1n) is 11.2. The molecule has 0 spiro atoms. The highest BCUT2D eigenvalue weighted by Crippen LogP contribution is 2.26. The second kappa shape index (κ2) is 12.1. The number of aliphatic imine (C=N–C) groups is 1. The number of aromatic nitrogens is 1. The third kappa shape index (κ3) is 6.40. The Morgan fingerprint density at radius 2 is 2.12 bits per heavy atom. The molecule has 1 aliphatic heterocycles. The SMILES string of the molecule is CCCc1cc(N2CCC(NCC(O)C(=NC)N(C)C)CC2)[nH]c(=S)c1/C(N)=C(\C)C=O. The van der Waals surface area contributed by atoms with Crippen molar-refractivity contribution in [3.05, 3.63) is 27.4 Å². The van der Waals surface area contributed by atoms with Gasteiger partial charge in [0.1, 0.15) is 28.7 Å². The zero-order chi connectivity index (χ0) is 23.8. The first-order chi connectivity index (χ1) is 15.2. The molecule has 0 saturated carbocycles. The van der Waals surface area contributed by atoms with Crippen LogP contribution >= 0.6 is 12.2 Å². The summed E-state index contributed by atoms with van der Waals surface area (Å²) in [5.74, 6) is 1.66. The van der Waals surface area contributed by atoms with Gasteiger partial charge in [-0.15, -0.1) is 0 Å². The van der Waals surface area contributed by atoms with Gasteiger partial charge < -0.3 is 30.9 Å². The monoisotopic (exact) mass is 462 g/mol. The maximum Gasteiger partial charge on any atom is 0.147 e. The van der Waals surface area contributed by atoms with Gasteiger partial charge in [-0.05, 0) is 37.8 Å². The van der Waals surface area contributed by atoms with Crippen LogP contribution in [0, 0.1) is 4.64 Å². The van der Waals surface area contributed by atoms with E-state index in [0.29, 0.717) is 34.3 Å². The third-order valence-electron chi connectivity index (χ3n) is 5.91. The molecule has 1 fully saturated rings. The Balaban J connectivity index is 2.09. The van der Waals surface area contributed by atoms with E-state index in [1.54, 1.807) is 14.0 Å². The van der Waals surface area contributed by atoms with E-state index in [1.165, 1.54) is 0 Å². The zero-order valence-electron chi connectivity index (χ0n) is 19.9. The quantitative estimate of drug-likeness (QED) is 0.146. The molecule has 2 rings (SSSR count). The van der Waals surface area contributed by atoms with E-state index in [-0.39, 0.29) is 0 Å². The van der Waals surface area contributed by atoms with Crippen LogP contribution in [0.2, 0.25) is 0 Å². The van der Waals surface area contributed by atoms with E-state index in [2.05, 4.69) is 33.2 Å². The van der Waals surface area contributed by atoms with Crippen molar-refractivity contribution in [2.75, 3.05) is 45.7 Å². The molecular formula is C23H38N6O2S. The molecule has 178 valence electrons. The number of H-pyrrole nitrogens is 1. The average Bonchev–Trinajstić information content (AvgIpc) is 2.77. The van der Waals surface area contributed by atoms with Crippen molar-refractivity contribution in [3.8, 4) is 0 Å². The minimum absolute atomic E-state index is 0.340. The fraction of sp³-hybridized carbons (Fsp3) is 0.609. The van der Waals surface area contributed by atoms with Crippen molar-refractivity contribution >= 4 is 35.9 Å². The van der Waals surface area contributed by atoms with Crippen molar-refractivity contribution in [3.63, 3.8) is 0 Å². The molecule has 8 nitrogen and oxygen atoms in total. The number of aliphatic hydroxyl groups is 1. The van der Waals surface area contributed by atoms with Crippen LogP contribution in [0.15, 0.2) is 16.6 Å². The molecular weight excluding hydrogens is 424 g/mol. The predicted molar refractivity (Wildman–Crippen MR) is 135 cm³/mol. The van der Waals surface area contributed by atoms with Crippen LogP contribution in [-0.4, -0.2) is 80.0 Å². The fourth-order valence-corrected chi connectivity index (χ4v) is 4.48. The van der Waals surface area contributed by atoms with Gasteiger partial charge in [0.2, 0.25) is 0 Å². The summed E-state index contributed by atoms with van der Waals surface area (Å²) in [6.45, 7) is 6.07. The minimum atomic E-state index is -0.624. The lowest BCUT2D eigenvalue weighted by Crippen LogP contribution is -2.47. The maximum atomic E-state index is 11.2. The van der Waals surface area contributed by atoms with Gasteiger partial charge in [-0.3, -0.25) is 9.79 Å². The van der Waals surface area contributed by atoms with Crippen molar-refractivity contribution in [2.24, 2.45) is 10.7 Å². The standard InChI is InChI=1S/C23H38N6O2S/c1-6-7-16-12-19(27-23(32)20(16)21(24)15(2)14-30)29-10-8-17(9-11-29)26-13-18(31)22(25-3)28(4)5/h12,14,17-18,26,31H,6-11,13,24H2,1-5H3,(H,27,32)/b21-15-,25-22?. The number of carbonyl (C=O) groups excluding carboxylic acids is 1. The lowest BCUT2D eigenvalue weighted by atomic mass is 9.99. The van der Waals surface area contributed by atoms with Gasteiger partial charge in [0.05, 0.1) is 0 Å². The second-order valence-electron chi connectivity index (χ2n) is 8.51. The number of likely N-dealkylation sites (N-methyl/N-ethyl adjacent to an activating group) is 1. The molecule has 1 aliphatic rings. The van der Waals surface area contributed by atoms with Crippen LogP contribution in [0.25, 0.3) is 5.70 Å². The highest BCUT2D eigenvalue weighted by molar-refractivity contribution is 7.71. The first-order valence-corrected chi connectivity index (χ1v) is 11.6. The number of rotatable bonds is 9. The number of hydrogen-bond donors (Lipinski definition) is 4. The van der Waals surface area contributed by atoms with Crippen LogP contribution in [0.4, 0.5) is 5.82 Å². The molecule has 5 N–H and O–H groups in total. The largest absolute Gasteiger partial charge is 0.398 e. The number of carbonyl (C=O) groups is 1. The molecule has 0 radical (unpaired) electrons. The molecule has 1 unspecified atom stereocenters. The van der Waals surface area contributed by atoms with E-state index in [1.807, 2.05) is 19.0 Å². The van der Waals surface area contributed by atoms with E-state index in [0.717, 1.165) is 62.0 Å². The maximum absolute atomic E-state index is 11.2. The molecule has 0 amide bonds. The summed E-state index contributed by atoms with van der Waals surface area (Å²) in [6.07, 6.45) is 3.88. The first kappa shape index (κ1) is 26.0. The molecule has 0 bridgehead atoms. The van der Waals surface area contributed by atoms with Gasteiger partial charge in [0.15, 0.2) is 0 Å².